The normalized spacial score (nSPS) is 11.8. The highest BCUT2D eigenvalue weighted by molar-refractivity contribution is 8.02. The van der Waals surface area contributed by atoms with Crippen LogP contribution in [0, 0.1) is 5.92 Å². The summed E-state index contributed by atoms with van der Waals surface area (Å²) in [4.78, 5) is 22.9. The predicted octanol–water partition coefficient (Wildman–Crippen LogP) is 2.60. The highest BCUT2D eigenvalue weighted by Crippen LogP contribution is 2.33. The van der Waals surface area contributed by atoms with E-state index < -0.39 is 17.2 Å². The van der Waals surface area contributed by atoms with Crippen LogP contribution in [0.25, 0.3) is 0 Å². The maximum Gasteiger partial charge on any atom is 0.318 e. The van der Waals surface area contributed by atoms with Crippen LogP contribution in [-0.2, 0) is 4.79 Å². The molecule has 0 fully saturated rings. The number of carbonyl (C=O) groups excluding carboxylic acids is 2. The molecule has 0 saturated heterocycles. The van der Waals surface area contributed by atoms with Crippen LogP contribution < -0.4 is 21.1 Å². The standard InChI is InChI=1S/C15H19N5O3S2/c1-8(2)11(12(21)18-13(16)22)24-15-20-19-14(25-15)17-9-5-4-6-10(7-9)23-3/h4-8,11H,1-3H3,(H,17,19)(H3,16,18,21,22)/t11-/m0/s1. The van der Waals surface area contributed by atoms with E-state index in [4.69, 9.17) is 10.5 Å². The molecular formula is C15H19N5O3S2. The number of benzene rings is 1. The minimum Gasteiger partial charge on any atom is -0.497 e. The van der Waals surface area contributed by atoms with Crippen molar-refractivity contribution in [2.24, 2.45) is 11.7 Å². The van der Waals surface area contributed by atoms with E-state index in [9.17, 15) is 9.59 Å². The number of thioether (sulfide) groups is 1. The number of hydrogen-bond acceptors (Lipinski definition) is 8. The number of aromatic nitrogens is 2. The molecule has 0 saturated carbocycles. The molecule has 1 aromatic heterocycles. The molecule has 0 spiro atoms. The van der Waals surface area contributed by atoms with Gasteiger partial charge in [-0.2, -0.15) is 0 Å². The number of hydrogen-bond donors (Lipinski definition) is 3. The monoisotopic (exact) mass is 381 g/mol. The second kappa shape index (κ2) is 8.67. The van der Waals surface area contributed by atoms with E-state index in [-0.39, 0.29) is 5.92 Å². The van der Waals surface area contributed by atoms with E-state index in [1.54, 1.807) is 7.11 Å². The van der Waals surface area contributed by atoms with Crippen LogP contribution in [0.3, 0.4) is 0 Å². The number of primary amides is 1. The zero-order valence-electron chi connectivity index (χ0n) is 14.0. The van der Waals surface area contributed by atoms with E-state index in [1.165, 1.54) is 23.1 Å². The number of amides is 3. The summed E-state index contributed by atoms with van der Waals surface area (Å²) in [6.07, 6.45) is 0. The molecule has 1 heterocycles. The van der Waals surface area contributed by atoms with E-state index in [1.807, 2.05) is 38.1 Å². The average molecular weight is 381 g/mol. The lowest BCUT2D eigenvalue weighted by atomic mass is 10.1. The Labute approximate surface area is 153 Å². The third-order valence-corrected chi connectivity index (χ3v) is 5.53. The van der Waals surface area contributed by atoms with Gasteiger partial charge in [0, 0.05) is 11.8 Å². The largest absolute Gasteiger partial charge is 0.497 e. The van der Waals surface area contributed by atoms with Crippen LogP contribution in [-0.4, -0.2) is 34.5 Å². The Morgan fingerprint density at radius 1 is 1.32 bits per heavy atom. The molecule has 1 aromatic carbocycles. The summed E-state index contributed by atoms with van der Waals surface area (Å²) < 4.78 is 5.79. The fraction of sp³-hybridized carbons (Fsp3) is 0.333. The van der Waals surface area contributed by atoms with Crippen molar-refractivity contribution in [2.75, 3.05) is 12.4 Å². The predicted molar refractivity (Wildman–Crippen MR) is 98.4 cm³/mol. The van der Waals surface area contributed by atoms with Crippen LogP contribution in [0.15, 0.2) is 28.6 Å². The summed E-state index contributed by atoms with van der Waals surface area (Å²) in [6, 6.07) is 6.56. The summed E-state index contributed by atoms with van der Waals surface area (Å²) in [5, 5.41) is 13.5. The van der Waals surface area contributed by atoms with Crippen molar-refractivity contribution in [1.82, 2.24) is 15.5 Å². The molecule has 0 bridgehead atoms. The molecule has 10 heteroatoms. The summed E-state index contributed by atoms with van der Waals surface area (Å²) in [5.41, 5.74) is 5.83. The number of urea groups is 1. The van der Waals surface area contributed by atoms with Gasteiger partial charge < -0.3 is 15.8 Å². The minimum atomic E-state index is -0.867. The number of anilines is 2. The molecule has 25 heavy (non-hydrogen) atoms. The molecule has 0 radical (unpaired) electrons. The molecule has 2 rings (SSSR count). The van der Waals surface area contributed by atoms with E-state index in [0.29, 0.717) is 9.47 Å². The van der Waals surface area contributed by atoms with Gasteiger partial charge in [0.15, 0.2) is 4.34 Å². The summed E-state index contributed by atoms with van der Waals surface area (Å²) >= 11 is 2.56. The topological polar surface area (TPSA) is 119 Å². The molecule has 134 valence electrons. The van der Waals surface area contributed by atoms with Crippen molar-refractivity contribution in [2.45, 2.75) is 23.4 Å². The van der Waals surface area contributed by atoms with Gasteiger partial charge in [-0.1, -0.05) is 43.0 Å². The zero-order chi connectivity index (χ0) is 18.4. The molecule has 3 amide bonds. The number of nitrogens with one attached hydrogen (secondary N) is 2. The summed E-state index contributed by atoms with van der Waals surface area (Å²) in [7, 11) is 1.60. The Morgan fingerprint density at radius 3 is 2.72 bits per heavy atom. The quantitative estimate of drug-likeness (QED) is 0.631. The van der Waals surface area contributed by atoms with E-state index >= 15 is 0 Å². The number of rotatable bonds is 7. The van der Waals surface area contributed by atoms with Crippen LogP contribution >= 0.6 is 23.1 Å². The third kappa shape index (κ3) is 5.61. The van der Waals surface area contributed by atoms with Crippen molar-refractivity contribution in [3.05, 3.63) is 24.3 Å². The molecule has 0 unspecified atom stereocenters. The molecule has 0 aliphatic heterocycles. The number of nitrogens with two attached hydrogens (primary N) is 1. The highest BCUT2D eigenvalue weighted by Gasteiger charge is 2.26. The number of nitrogens with zero attached hydrogens (tertiary/aromatic N) is 2. The first-order valence-electron chi connectivity index (χ1n) is 7.40. The second-order valence-corrected chi connectivity index (χ2v) is 7.73. The summed E-state index contributed by atoms with van der Waals surface area (Å²) in [6.45, 7) is 3.77. The van der Waals surface area contributed by atoms with Gasteiger partial charge in [-0.05, 0) is 18.1 Å². The molecule has 4 N–H and O–H groups in total. The van der Waals surface area contributed by atoms with Gasteiger partial charge in [0.1, 0.15) is 5.75 Å². The van der Waals surface area contributed by atoms with Gasteiger partial charge in [-0.25, -0.2) is 4.79 Å². The van der Waals surface area contributed by atoms with Crippen molar-refractivity contribution in [3.8, 4) is 5.75 Å². The van der Waals surface area contributed by atoms with Crippen LogP contribution in [0.4, 0.5) is 15.6 Å². The lowest BCUT2D eigenvalue weighted by Crippen LogP contribution is -2.42. The van der Waals surface area contributed by atoms with Gasteiger partial charge in [-0.15, -0.1) is 10.2 Å². The van der Waals surface area contributed by atoms with Crippen LogP contribution in [0.1, 0.15) is 13.8 Å². The van der Waals surface area contributed by atoms with Crippen molar-refractivity contribution in [3.63, 3.8) is 0 Å². The van der Waals surface area contributed by atoms with Crippen LogP contribution in [0.2, 0.25) is 0 Å². The second-order valence-electron chi connectivity index (χ2n) is 5.37. The fourth-order valence-electron chi connectivity index (χ4n) is 1.93. The number of carbonyl (C=O) groups is 2. The minimum absolute atomic E-state index is 0.0111. The van der Waals surface area contributed by atoms with E-state index in [0.717, 1.165) is 11.4 Å². The number of methoxy groups -OCH3 is 1. The average Bonchev–Trinajstić information content (AvgIpc) is 2.99. The van der Waals surface area contributed by atoms with Gasteiger partial charge in [0.05, 0.1) is 12.4 Å². The van der Waals surface area contributed by atoms with Gasteiger partial charge in [-0.3, -0.25) is 10.1 Å². The Bertz CT molecular complexity index is 750. The number of ether oxygens (including phenoxy) is 1. The van der Waals surface area contributed by atoms with Crippen molar-refractivity contribution in [1.29, 1.82) is 0 Å². The molecule has 0 aliphatic rings. The third-order valence-electron chi connectivity index (χ3n) is 3.07. The SMILES string of the molecule is COc1cccc(Nc2nnc(S[C@H](C(=O)NC(N)=O)C(C)C)s2)c1. The van der Waals surface area contributed by atoms with Gasteiger partial charge >= 0.3 is 6.03 Å². The molecule has 8 nitrogen and oxygen atoms in total. The van der Waals surface area contributed by atoms with Crippen LogP contribution in [0.5, 0.6) is 5.75 Å². The van der Waals surface area contributed by atoms with Crippen molar-refractivity contribution < 1.29 is 14.3 Å². The van der Waals surface area contributed by atoms with Crippen molar-refractivity contribution >= 4 is 45.9 Å². The lowest BCUT2D eigenvalue weighted by Gasteiger charge is -2.16. The first kappa shape index (κ1) is 19.0. The lowest BCUT2D eigenvalue weighted by molar-refractivity contribution is -0.120. The molecule has 2 aromatic rings. The smallest absolute Gasteiger partial charge is 0.318 e. The van der Waals surface area contributed by atoms with E-state index in [2.05, 4.69) is 20.8 Å². The Morgan fingerprint density at radius 2 is 2.08 bits per heavy atom. The first-order chi connectivity index (χ1) is 11.9. The number of imide groups is 1. The first-order valence-corrected chi connectivity index (χ1v) is 9.10. The maximum absolute atomic E-state index is 12.1. The Kier molecular flexibility index (Phi) is 6.59. The molecular weight excluding hydrogens is 362 g/mol. The molecule has 1 atom stereocenters. The fourth-order valence-corrected chi connectivity index (χ4v) is 3.91. The summed E-state index contributed by atoms with van der Waals surface area (Å²) in [5.74, 6) is 0.278. The Balaban J connectivity index is 2.06. The molecule has 0 aliphatic carbocycles. The Hall–Kier alpha value is -2.33. The zero-order valence-corrected chi connectivity index (χ0v) is 15.6. The van der Waals surface area contributed by atoms with Gasteiger partial charge in [0.2, 0.25) is 11.0 Å². The maximum atomic E-state index is 12.1. The van der Waals surface area contributed by atoms with Gasteiger partial charge in [0.25, 0.3) is 0 Å². The highest BCUT2D eigenvalue weighted by atomic mass is 32.2.